The fourth-order valence-corrected chi connectivity index (χ4v) is 3.73. The Morgan fingerprint density at radius 2 is 1.68 bits per heavy atom. The van der Waals surface area contributed by atoms with E-state index >= 15 is 0 Å². The largest absolute Gasteiger partial charge is 0.324 e. The van der Waals surface area contributed by atoms with E-state index in [1.165, 1.54) is 16.3 Å². The molecular formula is C17H22N2. The van der Waals surface area contributed by atoms with Crippen molar-refractivity contribution < 1.29 is 0 Å². The van der Waals surface area contributed by atoms with Crippen molar-refractivity contribution >= 4 is 10.8 Å². The SMILES string of the molecule is CC1(C)C(C(N)c2cncc3ccccc23)C1(C)C. The fraction of sp³-hybridized carbons (Fsp3) is 0.471. The van der Waals surface area contributed by atoms with Crippen molar-refractivity contribution in [1.82, 2.24) is 4.98 Å². The molecule has 1 aliphatic carbocycles. The second-order valence-electron chi connectivity index (χ2n) is 6.90. The van der Waals surface area contributed by atoms with Crippen molar-refractivity contribution in [2.45, 2.75) is 33.7 Å². The Kier molecular flexibility index (Phi) is 2.52. The number of hydrogen-bond donors (Lipinski definition) is 1. The Hall–Kier alpha value is -1.41. The monoisotopic (exact) mass is 254 g/mol. The molecule has 100 valence electrons. The molecule has 2 aromatic rings. The molecule has 1 aliphatic rings. The number of benzene rings is 1. The van der Waals surface area contributed by atoms with Crippen molar-refractivity contribution in [3.8, 4) is 0 Å². The van der Waals surface area contributed by atoms with Crippen LogP contribution in [0.2, 0.25) is 0 Å². The van der Waals surface area contributed by atoms with Gasteiger partial charge in [-0.25, -0.2) is 0 Å². The van der Waals surface area contributed by atoms with E-state index in [0.717, 1.165) is 0 Å². The van der Waals surface area contributed by atoms with E-state index in [9.17, 15) is 0 Å². The maximum Gasteiger partial charge on any atom is 0.0355 e. The third-order valence-electron chi connectivity index (χ3n) is 5.55. The van der Waals surface area contributed by atoms with Crippen LogP contribution in [0.5, 0.6) is 0 Å². The summed E-state index contributed by atoms with van der Waals surface area (Å²) in [6.45, 7) is 9.26. The van der Waals surface area contributed by atoms with Crippen LogP contribution < -0.4 is 5.73 Å². The summed E-state index contributed by atoms with van der Waals surface area (Å²) in [4.78, 5) is 4.36. The zero-order chi connectivity index (χ0) is 13.8. The summed E-state index contributed by atoms with van der Waals surface area (Å²) in [6, 6.07) is 8.42. The highest BCUT2D eigenvalue weighted by Crippen LogP contribution is 2.71. The molecule has 3 rings (SSSR count). The van der Waals surface area contributed by atoms with Gasteiger partial charge in [-0.3, -0.25) is 4.98 Å². The number of nitrogens with zero attached hydrogens (tertiary/aromatic N) is 1. The molecule has 0 radical (unpaired) electrons. The molecule has 0 bridgehead atoms. The molecule has 0 spiro atoms. The number of nitrogens with two attached hydrogens (primary N) is 1. The molecule has 1 unspecified atom stereocenters. The van der Waals surface area contributed by atoms with Gasteiger partial charge in [0.15, 0.2) is 0 Å². The first-order valence-electron chi connectivity index (χ1n) is 6.95. The average Bonchev–Trinajstić information content (AvgIpc) is 2.78. The van der Waals surface area contributed by atoms with E-state index in [0.29, 0.717) is 16.7 Å². The summed E-state index contributed by atoms with van der Waals surface area (Å²) in [5, 5.41) is 2.41. The molecule has 1 fully saturated rings. The van der Waals surface area contributed by atoms with E-state index in [1.807, 2.05) is 18.5 Å². The van der Waals surface area contributed by atoms with E-state index < -0.39 is 0 Å². The molecule has 2 nitrogen and oxygen atoms in total. The number of aromatic nitrogens is 1. The lowest BCUT2D eigenvalue weighted by Crippen LogP contribution is -2.17. The molecule has 0 saturated heterocycles. The van der Waals surface area contributed by atoms with Crippen LogP contribution in [-0.4, -0.2) is 4.98 Å². The standard InChI is InChI=1S/C17H22N2/c1-16(2)15(17(16,3)4)14(18)13-10-19-9-11-7-5-6-8-12(11)13/h5-10,14-15H,18H2,1-4H3. The van der Waals surface area contributed by atoms with Gasteiger partial charge >= 0.3 is 0 Å². The lowest BCUT2D eigenvalue weighted by atomic mass is 9.95. The van der Waals surface area contributed by atoms with Crippen molar-refractivity contribution in [1.29, 1.82) is 0 Å². The highest BCUT2D eigenvalue weighted by atomic mass is 14.8. The van der Waals surface area contributed by atoms with Crippen LogP contribution in [0.1, 0.15) is 39.3 Å². The third-order valence-corrected chi connectivity index (χ3v) is 5.55. The van der Waals surface area contributed by atoms with Gasteiger partial charge in [0.1, 0.15) is 0 Å². The molecule has 1 saturated carbocycles. The quantitative estimate of drug-likeness (QED) is 0.882. The highest BCUT2D eigenvalue weighted by molar-refractivity contribution is 5.85. The van der Waals surface area contributed by atoms with Crippen LogP contribution in [-0.2, 0) is 0 Å². The van der Waals surface area contributed by atoms with Crippen molar-refractivity contribution in [3.63, 3.8) is 0 Å². The van der Waals surface area contributed by atoms with Gasteiger partial charge < -0.3 is 5.73 Å². The minimum atomic E-state index is 0.0589. The van der Waals surface area contributed by atoms with Crippen LogP contribution in [0, 0.1) is 16.7 Å². The van der Waals surface area contributed by atoms with Crippen molar-refractivity contribution in [2.24, 2.45) is 22.5 Å². The Morgan fingerprint density at radius 1 is 1.05 bits per heavy atom. The fourth-order valence-electron chi connectivity index (χ4n) is 3.73. The lowest BCUT2D eigenvalue weighted by molar-refractivity contribution is 0.457. The maximum atomic E-state index is 6.58. The smallest absolute Gasteiger partial charge is 0.0355 e. The molecule has 1 aromatic heterocycles. The number of rotatable bonds is 2. The molecule has 1 heterocycles. The summed E-state index contributed by atoms with van der Waals surface area (Å²) in [7, 11) is 0. The number of fused-ring (bicyclic) bond motifs is 1. The molecule has 1 atom stereocenters. The molecular weight excluding hydrogens is 232 g/mol. The minimum absolute atomic E-state index is 0.0589. The molecule has 2 N–H and O–H groups in total. The minimum Gasteiger partial charge on any atom is -0.324 e. The van der Waals surface area contributed by atoms with Gasteiger partial charge in [-0.2, -0.15) is 0 Å². The van der Waals surface area contributed by atoms with Crippen LogP contribution in [0.15, 0.2) is 36.7 Å². The second-order valence-corrected chi connectivity index (χ2v) is 6.90. The van der Waals surface area contributed by atoms with Gasteiger partial charge in [0, 0.05) is 23.8 Å². The second kappa shape index (κ2) is 3.80. The summed E-state index contributed by atoms with van der Waals surface area (Å²) < 4.78 is 0. The van der Waals surface area contributed by atoms with Gasteiger partial charge in [0.25, 0.3) is 0 Å². The number of hydrogen-bond acceptors (Lipinski definition) is 2. The van der Waals surface area contributed by atoms with E-state index in [1.54, 1.807) is 0 Å². The predicted molar refractivity (Wildman–Crippen MR) is 79.7 cm³/mol. The highest BCUT2D eigenvalue weighted by Gasteiger charge is 2.66. The first-order valence-corrected chi connectivity index (χ1v) is 6.95. The third kappa shape index (κ3) is 1.63. The van der Waals surface area contributed by atoms with E-state index in [-0.39, 0.29) is 6.04 Å². The lowest BCUT2D eigenvalue weighted by Gasteiger charge is -2.16. The van der Waals surface area contributed by atoms with Crippen molar-refractivity contribution in [2.75, 3.05) is 0 Å². The predicted octanol–water partition coefficient (Wildman–Crippen LogP) is 3.92. The normalized spacial score (nSPS) is 22.4. The first kappa shape index (κ1) is 12.6. The van der Waals surface area contributed by atoms with Crippen molar-refractivity contribution in [3.05, 3.63) is 42.2 Å². The zero-order valence-corrected chi connectivity index (χ0v) is 12.1. The Morgan fingerprint density at radius 3 is 2.32 bits per heavy atom. The van der Waals surface area contributed by atoms with Gasteiger partial charge in [0.05, 0.1) is 0 Å². The average molecular weight is 254 g/mol. The van der Waals surface area contributed by atoms with Crippen LogP contribution in [0.4, 0.5) is 0 Å². The summed E-state index contributed by atoms with van der Waals surface area (Å²) >= 11 is 0. The first-order chi connectivity index (χ1) is 8.87. The van der Waals surface area contributed by atoms with E-state index in [4.69, 9.17) is 5.73 Å². The Balaban J connectivity index is 2.07. The van der Waals surface area contributed by atoms with Crippen LogP contribution in [0.3, 0.4) is 0 Å². The number of pyridine rings is 1. The Labute approximate surface area is 115 Å². The van der Waals surface area contributed by atoms with Crippen LogP contribution in [0.25, 0.3) is 10.8 Å². The topological polar surface area (TPSA) is 38.9 Å². The zero-order valence-electron chi connectivity index (χ0n) is 12.1. The van der Waals surface area contributed by atoms with Gasteiger partial charge in [-0.15, -0.1) is 0 Å². The van der Waals surface area contributed by atoms with Gasteiger partial charge in [-0.1, -0.05) is 52.0 Å². The van der Waals surface area contributed by atoms with Crippen LogP contribution >= 0.6 is 0 Å². The van der Waals surface area contributed by atoms with E-state index in [2.05, 4.69) is 50.9 Å². The summed E-state index contributed by atoms with van der Waals surface area (Å²) in [5.41, 5.74) is 8.35. The van der Waals surface area contributed by atoms with Gasteiger partial charge in [-0.05, 0) is 27.7 Å². The Bertz CT molecular complexity index is 609. The summed E-state index contributed by atoms with van der Waals surface area (Å²) in [5.74, 6) is 0.507. The molecule has 0 aliphatic heterocycles. The summed E-state index contributed by atoms with van der Waals surface area (Å²) in [6.07, 6.45) is 3.85. The molecule has 19 heavy (non-hydrogen) atoms. The molecule has 1 aromatic carbocycles. The maximum absolute atomic E-state index is 6.58. The van der Waals surface area contributed by atoms with Gasteiger partial charge in [0.2, 0.25) is 0 Å². The molecule has 2 heteroatoms. The molecule has 0 amide bonds.